The van der Waals surface area contributed by atoms with Gasteiger partial charge in [0.25, 0.3) is 5.91 Å². The lowest BCUT2D eigenvalue weighted by Gasteiger charge is -2.19. The Hall–Kier alpha value is -2.55. The van der Waals surface area contributed by atoms with Crippen molar-refractivity contribution in [1.82, 2.24) is 9.88 Å². The summed E-state index contributed by atoms with van der Waals surface area (Å²) in [5.74, 6) is -0.416. The zero-order valence-electron chi connectivity index (χ0n) is 13.6. The van der Waals surface area contributed by atoms with E-state index in [1.54, 1.807) is 31.5 Å². The van der Waals surface area contributed by atoms with Crippen LogP contribution in [0.4, 0.5) is 23.7 Å². The molecule has 26 heavy (non-hydrogen) atoms. The summed E-state index contributed by atoms with van der Waals surface area (Å²) in [5, 5.41) is 0. The van der Waals surface area contributed by atoms with Crippen LogP contribution in [-0.4, -0.2) is 33.4 Å². The van der Waals surface area contributed by atoms with Crippen LogP contribution < -0.4 is 4.90 Å². The first kappa shape index (κ1) is 18.2. The maximum absolute atomic E-state index is 12.7. The molecule has 1 atom stereocenters. The Morgan fingerprint density at radius 3 is 2.27 bits per heavy atom. The largest absolute Gasteiger partial charge is 0.446 e. The van der Waals surface area contributed by atoms with Crippen molar-refractivity contribution >= 4 is 29.4 Å². The average Bonchev–Trinajstić information content (AvgIpc) is 2.79. The van der Waals surface area contributed by atoms with Gasteiger partial charge in [-0.05, 0) is 60.6 Å². The number of carbonyl (C=O) groups is 2. The van der Waals surface area contributed by atoms with E-state index in [0.29, 0.717) is 0 Å². The van der Waals surface area contributed by atoms with Gasteiger partial charge in [-0.15, -0.1) is 0 Å². The van der Waals surface area contributed by atoms with Crippen molar-refractivity contribution in [1.29, 1.82) is 0 Å². The van der Waals surface area contributed by atoms with Gasteiger partial charge in [0, 0.05) is 23.8 Å². The summed E-state index contributed by atoms with van der Waals surface area (Å²) >= 11 is -0.248. The van der Waals surface area contributed by atoms with E-state index in [0.717, 1.165) is 10.5 Å². The normalized spacial score (nSPS) is 17.9. The molecule has 0 radical (unpaired) electrons. The van der Waals surface area contributed by atoms with Crippen LogP contribution in [0.15, 0.2) is 53.7 Å². The molecular weight excluding hydrogens is 367 g/mol. The van der Waals surface area contributed by atoms with Crippen molar-refractivity contribution in [2.45, 2.75) is 29.9 Å². The zero-order chi connectivity index (χ0) is 18.9. The number of hydrogen-bond donors (Lipinski definition) is 0. The fourth-order valence-electron chi connectivity index (χ4n) is 2.63. The number of carbonyl (C=O) groups excluding carboxylic acids is 2. The van der Waals surface area contributed by atoms with Crippen LogP contribution >= 0.6 is 11.8 Å². The Labute approximate surface area is 151 Å². The number of nitrogens with zero attached hydrogens (tertiary/aromatic N) is 3. The first-order chi connectivity index (χ1) is 12.3. The Kier molecular flexibility index (Phi) is 4.90. The third kappa shape index (κ3) is 3.82. The molecule has 1 aliphatic heterocycles. The lowest BCUT2D eigenvalue weighted by molar-refractivity contribution is -0.119. The maximum Gasteiger partial charge on any atom is 0.446 e. The van der Waals surface area contributed by atoms with Crippen LogP contribution in [0.1, 0.15) is 12.5 Å². The highest BCUT2D eigenvalue weighted by Gasteiger charge is 2.43. The number of anilines is 1. The minimum absolute atomic E-state index is 0.0120. The number of rotatable bonds is 4. The van der Waals surface area contributed by atoms with E-state index < -0.39 is 23.5 Å². The number of benzene rings is 1. The Morgan fingerprint density at radius 2 is 1.69 bits per heavy atom. The van der Waals surface area contributed by atoms with Gasteiger partial charge in [-0.1, -0.05) is 0 Å². The van der Waals surface area contributed by atoms with Gasteiger partial charge in [0.15, 0.2) is 0 Å². The highest BCUT2D eigenvalue weighted by Crippen LogP contribution is 2.37. The molecule has 1 fully saturated rings. The Bertz CT molecular complexity index is 812. The molecule has 0 spiro atoms. The van der Waals surface area contributed by atoms with Crippen LogP contribution in [0.3, 0.4) is 0 Å². The van der Waals surface area contributed by atoms with Crippen molar-refractivity contribution in [2.24, 2.45) is 0 Å². The third-order valence-electron chi connectivity index (χ3n) is 3.91. The standard InChI is InChI=1S/C17H14F3N3O2S/c1-11-15(24)23(13-2-4-14(5-3-13)26-17(18,19)20)16(25)22(11)10-12-6-8-21-9-7-12/h2-9,11H,10H2,1H3. The van der Waals surface area contributed by atoms with Crippen molar-refractivity contribution in [3.05, 3.63) is 54.4 Å². The summed E-state index contributed by atoms with van der Waals surface area (Å²) < 4.78 is 37.2. The number of amides is 3. The molecule has 9 heteroatoms. The van der Waals surface area contributed by atoms with Gasteiger partial charge in [0.1, 0.15) is 6.04 Å². The summed E-state index contributed by atoms with van der Waals surface area (Å²) in [7, 11) is 0. The lowest BCUT2D eigenvalue weighted by Crippen LogP contribution is -2.33. The summed E-state index contributed by atoms with van der Waals surface area (Å²) in [4.78, 5) is 31.5. The van der Waals surface area contributed by atoms with E-state index in [1.807, 2.05) is 0 Å². The summed E-state index contributed by atoms with van der Waals surface area (Å²) in [5.41, 5.74) is -3.32. The summed E-state index contributed by atoms with van der Waals surface area (Å²) in [6.07, 6.45) is 3.19. The minimum Gasteiger partial charge on any atom is -0.308 e. The van der Waals surface area contributed by atoms with Crippen LogP contribution in [0.2, 0.25) is 0 Å². The molecule has 5 nitrogen and oxygen atoms in total. The molecule has 1 saturated heterocycles. The molecule has 1 aromatic heterocycles. The van der Waals surface area contributed by atoms with E-state index in [2.05, 4.69) is 4.98 Å². The molecule has 3 rings (SSSR count). The molecule has 1 unspecified atom stereocenters. The lowest BCUT2D eigenvalue weighted by atomic mass is 10.2. The van der Waals surface area contributed by atoms with E-state index in [-0.39, 0.29) is 28.9 Å². The van der Waals surface area contributed by atoms with E-state index >= 15 is 0 Å². The van der Waals surface area contributed by atoms with E-state index in [9.17, 15) is 22.8 Å². The Balaban J connectivity index is 1.80. The second kappa shape index (κ2) is 6.99. The second-order valence-electron chi connectivity index (χ2n) is 5.66. The highest BCUT2D eigenvalue weighted by molar-refractivity contribution is 8.00. The quantitative estimate of drug-likeness (QED) is 0.592. The SMILES string of the molecule is CC1C(=O)N(c2ccc(SC(F)(F)F)cc2)C(=O)N1Cc1ccncc1. The molecule has 136 valence electrons. The number of halogens is 3. The number of alkyl halides is 3. The van der Waals surface area contributed by atoms with Crippen molar-refractivity contribution < 1.29 is 22.8 Å². The molecule has 0 aliphatic carbocycles. The number of imide groups is 1. The first-order valence-corrected chi connectivity index (χ1v) is 8.47. The molecular formula is C17H14F3N3O2S. The topological polar surface area (TPSA) is 53.5 Å². The summed E-state index contributed by atoms with van der Waals surface area (Å²) in [6.45, 7) is 1.86. The van der Waals surface area contributed by atoms with Gasteiger partial charge in [0.2, 0.25) is 0 Å². The van der Waals surface area contributed by atoms with Crippen LogP contribution in [-0.2, 0) is 11.3 Å². The number of urea groups is 1. The van der Waals surface area contributed by atoms with Crippen molar-refractivity contribution in [3.8, 4) is 0 Å². The van der Waals surface area contributed by atoms with Crippen molar-refractivity contribution in [2.75, 3.05) is 4.90 Å². The number of hydrogen-bond acceptors (Lipinski definition) is 4. The second-order valence-corrected chi connectivity index (χ2v) is 6.80. The highest BCUT2D eigenvalue weighted by atomic mass is 32.2. The van der Waals surface area contributed by atoms with Crippen LogP contribution in [0.25, 0.3) is 0 Å². The molecule has 2 heterocycles. The number of thioether (sulfide) groups is 1. The number of pyridine rings is 1. The Morgan fingerprint density at radius 1 is 1.08 bits per heavy atom. The van der Waals surface area contributed by atoms with Gasteiger partial charge in [0.05, 0.1) is 5.69 Å². The molecule has 0 N–H and O–H groups in total. The van der Waals surface area contributed by atoms with Crippen LogP contribution in [0, 0.1) is 0 Å². The van der Waals surface area contributed by atoms with Gasteiger partial charge in [-0.3, -0.25) is 9.78 Å². The van der Waals surface area contributed by atoms with Gasteiger partial charge in [-0.25, -0.2) is 9.69 Å². The summed E-state index contributed by atoms with van der Waals surface area (Å²) in [6, 6.07) is 7.48. The van der Waals surface area contributed by atoms with Gasteiger partial charge >= 0.3 is 11.5 Å². The van der Waals surface area contributed by atoms with E-state index in [4.69, 9.17) is 0 Å². The molecule has 1 aliphatic rings. The van der Waals surface area contributed by atoms with Gasteiger partial charge in [-0.2, -0.15) is 13.2 Å². The average molecular weight is 381 g/mol. The molecule has 3 amide bonds. The molecule has 0 bridgehead atoms. The third-order valence-corrected chi connectivity index (χ3v) is 4.65. The number of aromatic nitrogens is 1. The fraction of sp³-hybridized carbons (Fsp3) is 0.235. The minimum atomic E-state index is -4.39. The fourth-order valence-corrected chi connectivity index (χ4v) is 3.17. The van der Waals surface area contributed by atoms with Crippen LogP contribution in [0.5, 0.6) is 0 Å². The molecule has 2 aromatic rings. The predicted molar refractivity (Wildman–Crippen MR) is 90.5 cm³/mol. The molecule has 0 saturated carbocycles. The zero-order valence-corrected chi connectivity index (χ0v) is 14.4. The molecule has 1 aromatic carbocycles. The smallest absolute Gasteiger partial charge is 0.308 e. The van der Waals surface area contributed by atoms with E-state index in [1.165, 1.54) is 29.2 Å². The monoisotopic (exact) mass is 381 g/mol. The van der Waals surface area contributed by atoms with Crippen molar-refractivity contribution in [3.63, 3.8) is 0 Å². The predicted octanol–water partition coefficient (Wildman–Crippen LogP) is 4.05. The maximum atomic E-state index is 12.7. The van der Waals surface area contributed by atoms with Gasteiger partial charge < -0.3 is 4.90 Å². The first-order valence-electron chi connectivity index (χ1n) is 7.65.